The molecule has 0 radical (unpaired) electrons. The van der Waals surface area contributed by atoms with E-state index in [0.717, 1.165) is 44.1 Å². The number of Topliss-reactive ketones (excluding diaryl/α,β-unsaturated/α-hetero) is 1. The second-order valence-corrected chi connectivity index (χ2v) is 9.06. The summed E-state index contributed by atoms with van der Waals surface area (Å²) in [7, 11) is 0. The van der Waals surface area contributed by atoms with Crippen LogP contribution in [0.5, 0.6) is 0 Å². The molecule has 0 amide bonds. The van der Waals surface area contributed by atoms with Gasteiger partial charge in [-0.2, -0.15) is 0 Å². The van der Waals surface area contributed by atoms with Crippen LogP contribution < -0.4 is 0 Å². The van der Waals surface area contributed by atoms with Crippen LogP contribution in [0.3, 0.4) is 0 Å². The number of aliphatic hydroxyl groups excluding tert-OH is 1. The molecule has 0 aromatic carbocycles. The summed E-state index contributed by atoms with van der Waals surface area (Å²) in [6, 6.07) is 0. The number of rotatable bonds is 3. The molecule has 1 heterocycles. The van der Waals surface area contributed by atoms with Crippen LogP contribution in [0.1, 0.15) is 65.2 Å². The zero-order valence-electron chi connectivity index (χ0n) is 14.8. The van der Waals surface area contributed by atoms with E-state index in [2.05, 4.69) is 6.58 Å². The summed E-state index contributed by atoms with van der Waals surface area (Å²) in [5, 5.41) is 10.7. The normalized spacial score (nSPS) is 50.3. The molecule has 4 fully saturated rings. The van der Waals surface area contributed by atoms with Crippen molar-refractivity contribution in [2.75, 3.05) is 0 Å². The number of carbonyl (C=O) groups is 2. The lowest BCUT2D eigenvalue weighted by Gasteiger charge is -2.42. The van der Waals surface area contributed by atoms with Crippen LogP contribution in [0.25, 0.3) is 0 Å². The monoisotopic (exact) mass is 332 g/mol. The summed E-state index contributed by atoms with van der Waals surface area (Å²) in [5.41, 5.74) is -0.649. The molecule has 4 nitrogen and oxygen atoms in total. The van der Waals surface area contributed by atoms with Gasteiger partial charge in [0, 0.05) is 12.3 Å². The fourth-order valence-electron chi connectivity index (χ4n) is 6.30. The van der Waals surface area contributed by atoms with Gasteiger partial charge < -0.3 is 9.84 Å². The van der Waals surface area contributed by atoms with Crippen molar-refractivity contribution in [3.05, 3.63) is 12.2 Å². The maximum Gasteiger partial charge on any atom is 0.312 e. The molecule has 6 unspecified atom stereocenters. The van der Waals surface area contributed by atoms with Gasteiger partial charge >= 0.3 is 5.97 Å². The first kappa shape index (κ1) is 16.3. The first-order valence-corrected chi connectivity index (χ1v) is 9.36. The maximum absolute atomic E-state index is 12.7. The summed E-state index contributed by atoms with van der Waals surface area (Å²) in [4.78, 5) is 25.1. The second kappa shape index (κ2) is 4.94. The summed E-state index contributed by atoms with van der Waals surface area (Å²) < 4.78 is 5.78. The van der Waals surface area contributed by atoms with E-state index < -0.39 is 22.5 Å². The van der Waals surface area contributed by atoms with Gasteiger partial charge in [0.05, 0.1) is 16.9 Å². The van der Waals surface area contributed by atoms with Gasteiger partial charge in [-0.15, -0.1) is 0 Å². The molecule has 4 heteroatoms. The van der Waals surface area contributed by atoms with Crippen LogP contribution in [0.4, 0.5) is 0 Å². The van der Waals surface area contributed by atoms with Crippen molar-refractivity contribution >= 4 is 11.8 Å². The highest BCUT2D eigenvalue weighted by atomic mass is 16.6. The fourth-order valence-corrected chi connectivity index (χ4v) is 6.30. The van der Waals surface area contributed by atoms with Crippen LogP contribution >= 0.6 is 0 Å². The van der Waals surface area contributed by atoms with Crippen molar-refractivity contribution in [1.29, 1.82) is 0 Å². The molecular formula is C20H28O4. The molecule has 24 heavy (non-hydrogen) atoms. The van der Waals surface area contributed by atoms with Gasteiger partial charge in [0.25, 0.3) is 0 Å². The Morgan fingerprint density at radius 1 is 1.29 bits per heavy atom. The average molecular weight is 332 g/mol. The lowest BCUT2D eigenvalue weighted by atomic mass is 9.59. The number of fused-ring (bicyclic) bond motifs is 4. The Morgan fingerprint density at radius 3 is 2.75 bits per heavy atom. The number of aliphatic hydroxyl groups is 1. The number of carbonyl (C=O) groups excluding carboxylic acids is 2. The Bertz CT molecular complexity index is 625. The van der Waals surface area contributed by atoms with Gasteiger partial charge in [0.15, 0.2) is 0 Å². The predicted octanol–water partition coefficient (Wildman–Crippen LogP) is 3.17. The molecule has 0 spiro atoms. The fraction of sp³-hybridized carbons (Fsp3) is 0.800. The van der Waals surface area contributed by atoms with Gasteiger partial charge in [0.1, 0.15) is 11.4 Å². The molecular weight excluding hydrogens is 304 g/mol. The van der Waals surface area contributed by atoms with Crippen molar-refractivity contribution in [2.24, 2.45) is 22.7 Å². The molecule has 1 saturated heterocycles. The highest BCUT2D eigenvalue weighted by molar-refractivity contribution is 5.88. The van der Waals surface area contributed by atoms with Gasteiger partial charge in [-0.1, -0.05) is 6.58 Å². The quantitative estimate of drug-likeness (QED) is 0.637. The number of hydrogen-bond acceptors (Lipinski definition) is 4. The molecule has 1 aliphatic heterocycles. The topological polar surface area (TPSA) is 63.6 Å². The minimum Gasteiger partial charge on any atom is -0.459 e. The molecule has 3 aliphatic carbocycles. The third kappa shape index (κ3) is 1.89. The summed E-state index contributed by atoms with van der Waals surface area (Å²) in [6.45, 7) is 8.13. The Hall–Kier alpha value is -1.16. The molecule has 1 N–H and O–H groups in total. The van der Waals surface area contributed by atoms with E-state index >= 15 is 0 Å². The van der Waals surface area contributed by atoms with Crippen molar-refractivity contribution < 1.29 is 19.4 Å². The smallest absolute Gasteiger partial charge is 0.312 e. The highest BCUT2D eigenvalue weighted by Gasteiger charge is 2.63. The largest absolute Gasteiger partial charge is 0.459 e. The van der Waals surface area contributed by atoms with Crippen LogP contribution in [0, 0.1) is 22.7 Å². The van der Waals surface area contributed by atoms with E-state index in [1.807, 2.05) is 13.8 Å². The van der Waals surface area contributed by atoms with Crippen molar-refractivity contribution in [1.82, 2.24) is 0 Å². The van der Waals surface area contributed by atoms with E-state index in [0.29, 0.717) is 12.8 Å². The molecule has 3 saturated carbocycles. The third-order valence-corrected chi connectivity index (χ3v) is 7.83. The Labute approximate surface area is 143 Å². The minimum absolute atomic E-state index is 0.0748. The number of esters is 1. The van der Waals surface area contributed by atoms with E-state index in [4.69, 9.17) is 4.74 Å². The minimum atomic E-state index is -0.712. The Kier molecular flexibility index (Phi) is 3.36. The van der Waals surface area contributed by atoms with E-state index in [-0.39, 0.29) is 23.6 Å². The molecule has 4 bridgehead atoms. The summed E-state index contributed by atoms with van der Waals surface area (Å²) in [5.74, 6) is 0.532. The van der Waals surface area contributed by atoms with Gasteiger partial charge in [0.2, 0.25) is 0 Å². The predicted molar refractivity (Wildman–Crippen MR) is 89.1 cm³/mol. The van der Waals surface area contributed by atoms with Crippen LogP contribution in [-0.2, 0) is 14.3 Å². The SMILES string of the molecule is C=C1C2CCC(=O)C(CCC3C4(C)CCCC3(C)C(=O)O4)(C2)C1O. The van der Waals surface area contributed by atoms with Crippen molar-refractivity contribution in [2.45, 2.75) is 76.9 Å². The van der Waals surface area contributed by atoms with E-state index in [1.165, 1.54) is 0 Å². The number of hydrogen-bond donors (Lipinski definition) is 1. The van der Waals surface area contributed by atoms with Gasteiger partial charge in [-0.25, -0.2) is 0 Å². The van der Waals surface area contributed by atoms with Crippen LogP contribution in [-0.4, -0.2) is 28.6 Å². The summed E-state index contributed by atoms with van der Waals surface area (Å²) in [6.07, 6.45) is 5.60. The molecule has 0 aromatic heterocycles. The molecule has 0 aromatic rings. The summed E-state index contributed by atoms with van der Waals surface area (Å²) >= 11 is 0. The highest BCUT2D eigenvalue weighted by Crippen LogP contribution is 2.60. The third-order valence-electron chi connectivity index (χ3n) is 7.83. The second-order valence-electron chi connectivity index (χ2n) is 9.06. The van der Waals surface area contributed by atoms with E-state index in [9.17, 15) is 14.7 Å². The standard InChI is InChI=1S/C20H28O4/c1-12-13-5-6-15(21)20(11-13,16(12)22)10-7-14-18(2)8-4-9-19(14,3)24-17(18)23/h13-14,16,22H,1,4-11H2,2-3H3. The Balaban J connectivity index is 1.59. The van der Waals surface area contributed by atoms with Gasteiger partial charge in [-0.3, -0.25) is 9.59 Å². The molecule has 4 rings (SSSR count). The number of ether oxygens (including phenoxy) is 1. The molecule has 132 valence electrons. The zero-order chi connectivity index (χ0) is 17.3. The molecule has 4 aliphatic rings. The van der Waals surface area contributed by atoms with Crippen LogP contribution in [0.15, 0.2) is 12.2 Å². The van der Waals surface area contributed by atoms with Crippen molar-refractivity contribution in [3.63, 3.8) is 0 Å². The van der Waals surface area contributed by atoms with Crippen LogP contribution in [0.2, 0.25) is 0 Å². The maximum atomic E-state index is 12.7. The van der Waals surface area contributed by atoms with Gasteiger partial charge in [-0.05, 0) is 70.3 Å². The zero-order valence-corrected chi connectivity index (χ0v) is 14.8. The first-order valence-electron chi connectivity index (χ1n) is 9.36. The molecule has 6 atom stereocenters. The number of ketones is 1. The average Bonchev–Trinajstić information content (AvgIpc) is 2.78. The lowest BCUT2D eigenvalue weighted by molar-refractivity contribution is -0.151. The van der Waals surface area contributed by atoms with Crippen molar-refractivity contribution in [3.8, 4) is 0 Å². The van der Waals surface area contributed by atoms with E-state index in [1.54, 1.807) is 0 Å². The first-order chi connectivity index (χ1) is 11.2. The lowest BCUT2D eigenvalue weighted by Crippen LogP contribution is -2.45. The Morgan fingerprint density at radius 2 is 2.04 bits per heavy atom.